The van der Waals surface area contributed by atoms with Gasteiger partial charge < -0.3 is 29.7 Å². The van der Waals surface area contributed by atoms with E-state index in [1.165, 1.54) is 0 Å². The molecule has 0 spiro atoms. The Bertz CT molecular complexity index is 334. The molecule has 0 aromatic rings. The standard InChI is InChI=1S/C12H22NO7P/c14-10(7-21(17)18)6-13-12(16)20-8-19-11(15)9-4-2-1-3-5-9/h9-10,14,17-18H,1-8H2,(H,13,16)/t10-/m1/s1. The SMILES string of the molecule is O=C(NC[C@@H](O)CP(O)O)OCOC(=O)C1CCCCC1. The van der Waals surface area contributed by atoms with Crippen molar-refractivity contribution in [3.8, 4) is 0 Å². The molecule has 21 heavy (non-hydrogen) atoms. The molecule has 8 nitrogen and oxygen atoms in total. The summed E-state index contributed by atoms with van der Waals surface area (Å²) in [5.41, 5.74) is 0. The summed E-state index contributed by atoms with van der Waals surface area (Å²) in [5.74, 6) is -0.464. The Balaban J connectivity index is 2.08. The molecule has 122 valence electrons. The van der Waals surface area contributed by atoms with Gasteiger partial charge in [-0.2, -0.15) is 0 Å². The van der Waals surface area contributed by atoms with Crippen LogP contribution < -0.4 is 5.32 Å². The molecule has 0 aromatic carbocycles. The number of hydrogen-bond acceptors (Lipinski definition) is 7. The molecule has 1 aliphatic rings. The predicted octanol–water partition coefficient (Wildman–Crippen LogP) is 0.451. The number of aliphatic hydroxyl groups excluding tert-OH is 1. The molecule has 0 aromatic heterocycles. The maximum Gasteiger partial charge on any atom is 0.410 e. The molecule has 1 amide bonds. The van der Waals surface area contributed by atoms with Crippen LogP contribution in [0.25, 0.3) is 0 Å². The van der Waals surface area contributed by atoms with Gasteiger partial charge in [-0.05, 0) is 12.8 Å². The lowest BCUT2D eigenvalue weighted by Gasteiger charge is -2.19. The van der Waals surface area contributed by atoms with Crippen LogP contribution in [0.15, 0.2) is 0 Å². The second-order valence-corrected chi connectivity index (χ2v) is 6.05. The number of amides is 1. The third-order valence-corrected chi connectivity index (χ3v) is 3.93. The van der Waals surface area contributed by atoms with E-state index < -0.39 is 27.4 Å². The van der Waals surface area contributed by atoms with Gasteiger partial charge in [0, 0.05) is 12.7 Å². The van der Waals surface area contributed by atoms with E-state index in [0.29, 0.717) is 0 Å². The fraction of sp³-hybridized carbons (Fsp3) is 0.833. The van der Waals surface area contributed by atoms with E-state index in [1.807, 2.05) is 0 Å². The second kappa shape index (κ2) is 9.89. The number of hydrogen-bond donors (Lipinski definition) is 4. The highest BCUT2D eigenvalue weighted by atomic mass is 31.2. The van der Waals surface area contributed by atoms with E-state index in [-0.39, 0.29) is 24.6 Å². The first-order chi connectivity index (χ1) is 9.99. The van der Waals surface area contributed by atoms with Gasteiger partial charge in [-0.1, -0.05) is 19.3 Å². The highest BCUT2D eigenvalue weighted by molar-refractivity contribution is 7.45. The zero-order valence-electron chi connectivity index (χ0n) is 11.7. The average Bonchev–Trinajstić information content (AvgIpc) is 2.45. The van der Waals surface area contributed by atoms with Crippen molar-refractivity contribution >= 4 is 20.4 Å². The van der Waals surface area contributed by atoms with Crippen molar-refractivity contribution in [2.75, 3.05) is 19.5 Å². The first-order valence-corrected chi connectivity index (χ1v) is 8.33. The third kappa shape index (κ3) is 8.16. The maximum atomic E-state index is 11.6. The Morgan fingerprint density at radius 1 is 1.19 bits per heavy atom. The molecule has 0 heterocycles. The van der Waals surface area contributed by atoms with Crippen LogP contribution >= 0.6 is 8.38 Å². The molecule has 0 bridgehead atoms. The molecule has 1 atom stereocenters. The van der Waals surface area contributed by atoms with Crippen LogP contribution in [0.3, 0.4) is 0 Å². The van der Waals surface area contributed by atoms with Crippen molar-refractivity contribution in [3.63, 3.8) is 0 Å². The van der Waals surface area contributed by atoms with Crippen LogP contribution in [-0.2, 0) is 14.3 Å². The first-order valence-electron chi connectivity index (χ1n) is 6.89. The Morgan fingerprint density at radius 2 is 1.86 bits per heavy atom. The van der Waals surface area contributed by atoms with Crippen molar-refractivity contribution in [1.29, 1.82) is 0 Å². The number of ether oxygens (including phenoxy) is 2. The molecular formula is C12H22NO7P. The van der Waals surface area contributed by atoms with Crippen LogP contribution in [0.1, 0.15) is 32.1 Å². The number of rotatable bonds is 7. The summed E-state index contributed by atoms with van der Waals surface area (Å²) in [6, 6.07) is 0. The largest absolute Gasteiger partial charge is 0.428 e. The molecule has 0 saturated heterocycles. The summed E-state index contributed by atoms with van der Waals surface area (Å²) < 4.78 is 9.50. The molecule has 1 aliphatic carbocycles. The number of carbonyl (C=O) groups is 2. The predicted molar refractivity (Wildman–Crippen MR) is 74.2 cm³/mol. The molecular weight excluding hydrogens is 301 g/mol. The van der Waals surface area contributed by atoms with Gasteiger partial charge in [0.15, 0.2) is 8.38 Å². The van der Waals surface area contributed by atoms with Gasteiger partial charge in [0.05, 0.1) is 12.0 Å². The smallest absolute Gasteiger partial charge is 0.410 e. The molecule has 0 unspecified atom stereocenters. The zero-order chi connectivity index (χ0) is 15.7. The van der Waals surface area contributed by atoms with Gasteiger partial charge in [0.25, 0.3) is 0 Å². The van der Waals surface area contributed by atoms with Crippen molar-refractivity contribution < 1.29 is 34.0 Å². The second-order valence-electron chi connectivity index (χ2n) is 4.94. The van der Waals surface area contributed by atoms with Gasteiger partial charge in [-0.3, -0.25) is 4.79 Å². The van der Waals surface area contributed by atoms with Gasteiger partial charge in [-0.25, -0.2) is 4.79 Å². The fourth-order valence-electron chi connectivity index (χ4n) is 2.10. The molecule has 1 rings (SSSR count). The Morgan fingerprint density at radius 3 is 2.48 bits per heavy atom. The highest BCUT2D eigenvalue weighted by Gasteiger charge is 2.22. The van der Waals surface area contributed by atoms with Crippen molar-refractivity contribution in [3.05, 3.63) is 0 Å². The molecule has 4 N–H and O–H groups in total. The number of carbonyl (C=O) groups excluding carboxylic acids is 2. The van der Waals surface area contributed by atoms with E-state index in [0.717, 1.165) is 32.1 Å². The molecule has 0 aliphatic heterocycles. The van der Waals surface area contributed by atoms with Gasteiger partial charge in [0.1, 0.15) is 0 Å². The quantitative estimate of drug-likeness (QED) is 0.304. The van der Waals surface area contributed by atoms with Crippen LogP contribution in [0, 0.1) is 5.92 Å². The Labute approximate surface area is 124 Å². The minimum Gasteiger partial charge on any atom is -0.428 e. The maximum absolute atomic E-state index is 11.6. The van der Waals surface area contributed by atoms with E-state index in [1.54, 1.807) is 0 Å². The molecule has 9 heteroatoms. The van der Waals surface area contributed by atoms with E-state index in [4.69, 9.17) is 14.5 Å². The summed E-state index contributed by atoms with van der Waals surface area (Å²) in [4.78, 5) is 40.2. The minimum absolute atomic E-state index is 0.111. The zero-order valence-corrected chi connectivity index (χ0v) is 12.6. The van der Waals surface area contributed by atoms with Crippen LogP contribution in [0.4, 0.5) is 4.79 Å². The van der Waals surface area contributed by atoms with Gasteiger partial charge in [-0.15, -0.1) is 0 Å². The van der Waals surface area contributed by atoms with Crippen LogP contribution in [-0.4, -0.2) is 52.6 Å². The topological polar surface area (TPSA) is 125 Å². The lowest BCUT2D eigenvalue weighted by Crippen LogP contribution is -2.34. The van der Waals surface area contributed by atoms with E-state index in [2.05, 4.69) is 10.1 Å². The summed E-state index contributed by atoms with van der Waals surface area (Å²) in [6.07, 6.45) is 2.65. The van der Waals surface area contributed by atoms with Crippen molar-refractivity contribution in [2.24, 2.45) is 5.92 Å². The monoisotopic (exact) mass is 323 g/mol. The van der Waals surface area contributed by atoms with Gasteiger partial charge >= 0.3 is 12.1 Å². The molecule has 1 saturated carbocycles. The summed E-state index contributed by atoms with van der Waals surface area (Å²) in [7, 11) is -2.21. The fourth-order valence-corrected chi connectivity index (χ4v) is 2.61. The third-order valence-electron chi connectivity index (χ3n) is 3.19. The molecule has 0 radical (unpaired) electrons. The summed E-state index contributed by atoms with van der Waals surface area (Å²) in [5, 5.41) is 11.5. The van der Waals surface area contributed by atoms with Crippen molar-refractivity contribution in [2.45, 2.75) is 38.2 Å². The number of nitrogens with one attached hydrogen (secondary N) is 1. The average molecular weight is 323 g/mol. The lowest BCUT2D eigenvalue weighted by atomic mass is 9.89. The van der Waals surface area contributed by atoms with E-state index in [9.17, 15) is 14.7 Å². The number of esters is 1. The first kappa shape index (κ1) is 18.1. The van der Waals surface area contributed by atoms with Crippen LogP contribution in [0.2, 0.25) is 0 Å². The van der Waals surface area contributed by atoms with Crippen LogP contribution in [0.5, 0.6) is 0 Å². The van der Waals surface area contributed by atoms with Crippen molar-refractivity contribution in [1.82, 2.24) is 5.32 Å². The number of alkyl carbamates (subject to hydrolysis) is 1. The Hall–Kier alpha value is -0.950. The normalized spacial score (nSPS) is 17.3. The lowest BCUT2D eigenvalue weighted by molar-refractivity contribution is -0.158. The summed E-state index contributed by atoms with van der Waals surface area (Å²) in [6.45, 7) is -0.640. The molecule has 1 fully saturated rings. The summed E-state index contributed by atoms with van der Waals surface area (Å²) >= 11 is 0. The number of aliphatic hydroxyl groups is 1. The Kier molecular flexibility index (Phi) is 8.52. The van der Waals surface area contributed by atoms with E-state index >= 15 is 0 Å². The minimum atomic E-state index is -2.21. The van der Waals surface area contributed by atoms with Gasteiger partial charge in [0.2, 0.25) is 6.79 Å². The highest BCUT2D eigenvalue weighted by Crippen LogP contribution is 2.24.